The molecular weight excluding hydrogens is 382 g/mol. The minimum Gasteiger partial charge on any atom is -0.355 e. The van der Waals surface area contributed by atoms with Crippen LogP contribution < -0.4 is 5.32 Å². The van der Waals surface area contributed by atoms with Crippen molar-refractivity contribution >= 4 is 16.9 Å². The van der Waals surface area contributed by atoms with Crippen LogP contribution in [0.2, 0.25) is 0 Å². The molecule has 4 heteroatoms. The molecule has 1 fully saturated rings. The standard InChI is InChI=1S/C27H39N3O/c1-18(2)23-15-21(16-26-29-24-12-8-9-13-25(24)30(26)4)19(3)14-22(23)17-28-27(31)20-10-6-5-7-11-20/h8-9,12-14,18,20-23H,5-7,10-11,15-17H2,1-4H3,(H,28,31). The number of aromatic nitrogens is 2. The smallest absolute Gasteiger partial charge is 0.223 e. The van der Waals surface area contributed by atoms with Gasteiger partial charge in [-0.1, -0.05) is 56.9 Å². The normalized spacial score (nSPS) is 25.1. The maximum absolute atomic E-state index is 12.7. The number of carbonyl (C=O) groups excluding carboxylic acids is 1. The van der Waals surface area contributed by atoms with Crippen LogP contribution in [0.1, 0.15) is 65.1 Å². The third-order valence-corrected chi connectivity index (χ3v) is 7.88. The number of para-hydroxylation sites is 2. The van der Waals surface area contributed by atoms with Crippen LogP contribution in [-0.2, 0) is 18.3 Å². The molecule has 0 spiro atoms. The molecule has 2 aromatic rings. The molecule has 0 aliphatic heterocycles. The van der Waals surface area contributed by atoms with Gasteiger partial charge in [0.1, 0.15) is 5.82 Å². The number of imidazole rings is 1. The van der Waals surface area contributed by atoms with Crippen molar-refractivity contribution in [2.24, 2.45) is 36.6 Å². The Bertz CT molecular complexity index is 935. The average molecular weight is 422 g/mol. The fourth-order valence-electron chi connectivity index (χ4n) is 5.83. The Morgan fingerprint density at radius 1 is 1.19 bits per heavy atom. The molecule has 2 aliphatic rings. The van der Waals surface area contributed by atoms with Gasteiger partial charge in [-0.05, 0) is 62.0 Å². The third-order valence-electron chi connectivity index (χ3n) is 7.88. The molecule has 31 heavy (non-hydrogen) atoms. The Balaban J connectivity index is 1.45. The lowest BCUT2D eigenvalue weighted by molar-refractivity contribution is -0.126. The van der Waals surface area contributed by atoms with Gasteiger partial charge in [0.2, 0.25) is 5.91 Å². The van der Waals surface area contributed by atoms with Gasteiger partial charge in [-0.2, -0.15) is 0 Å². The van der Waals surface area contributed by atoms with Gasteiger partial charge >= 0.3 is 0 Å². The van der Waals surface area contributed by atoms with Crippen molar-refractivity contribution in [3.8, 4) is 0 Å². The van der Waals surface area contributed by atoms with Crippen LogP contribution in [0, 0.1) is 29.6 Å². The highest BCUT2D eigenvalue weighted by atomic mass is 16.1. The van der Waals surface area contributed by atoms with Gasteiger partial charge in [0.25, 0.3) is 0 Å². The molecule has 1 amide bonds. The van der Waals surface area contributed by atoms with Crippen LogP contribution in [0.5, 0.6) is 0 Å². The maximum Gasteiger partial charge on any atom is 0.223 e. The van der Waals surface area contributed by atoms with Crippen molar-refractivity contribution in [2.75, 3.05) is 6.54 Å². The molecular formula is C27H39N3O. The highest BCUT2D eigenvalue weighted by molar-refractivity contribution is 5.78. The highest BCUT2D eigenvalue weighted by Gasteiger charge is 2.33. The number of rotatable bonds is 6. The third kappa shape index (κ3) is 4.88. The summed E-state index contributed by atoms with van der Waals surface area (Å²) in [5, 5.41) is 3.32. The molecule has 1 aromatic carbocycles. The highest BCUT2D eigenvalue weighted by Crippen LogP contribution is 2.39. The van der Waals surface area contributed by atoms with E-state index in [1.165, 1.54) is 42.6 Å². The van der Waals surface area contributed by atoms with Gasteiger partial charge in [0.05, 0.1) is 11.0 Å². The molecule has 2 aliphatic carbocycles. The molecule has 1 heterocycles. The molecule has 3 unspecified atom stereocenters. The van der Waals surface area contributed by atoms with Crippen molar-refractivity contribution in [1.82, 2.24) is 14.9 Å². The maximum atomic E-state index is 12.7. The van der Waals surface area contributed by atoms with E-state index in [9.17, 15) is 4.79 Å². The second-order valence-electron chi connectivity index (χ2n) is 10.3. The molecule has 4 rings (SSSR count). The topological polar surface area (TPSA) is 46.9 Å². The Labute approximate surface area is 187 Å². The van der Waals surface area contributed by atoms with Crippen molar-refractivity contribution in [3.63, 3.8) is 0 Å². The molecule has 0 bridgehead atoms. The molecule has 1 saturated carbocycles. The fourth-order valence-corrected chi connectivity index (χ4v) is 5.83. The Kier molecular flexibility index (Phi) is 6.83. The summed E-state index contributed by atoms with van der Waals surface area (Å²) >= 11 is 0. The van der Waals surface area contributed by atoms with Gasteiger partial charge < -0.3 is 9.88 Å². The van der Waals surface area contributed by atoms with Gasteiger partial charge in [0, 0.05) is 25.9 Å². The average Bonchev–Trinajstić information content (AvgIpc) is 3.09. The summed E-state index contributed by atoms with van der Waals surface area (Å²) in [6.45, 7) is 7.73. The number of carbonyl (C=O) groups is 1. The molecule has 1 N–H and O–H groups in total. The fraction of sp³-hybridized carbons (Fsp3) is 0.630. The van der Waals surface area contributed by atoms with Crippen molar-refractivity contribution in [3.05, 3.63) is 41.7 Å². The van der Waals surface area contributed by atoms with Crippen LogP contribution in [0.3, 0.4) is 0 Å². The monoisotopic (exact) mass is 421 g/mol. The summed E-state index contributed by atoms with van der Waals surface area (Å²) in [6.07, 6.45) is 10.5. The summed E-state index contributed by atoms with van der Waals surface area (Å²) in [5.41, 5.74) is 3.75. The number of amides is 1. The molecule has 0 radical (unpaired) electrons. The first-order chi connectivity index (χ1) is 14.9. The number of aryl methyl sites for hydroxylation is 1. The number of hydrogen-bond acceptors (Lipinski definition) is 2. The molecule has 4 nitrogen and oxygen atoms in total. The SMILES string of the molecule is CC1=CC(CNC(=O)C2CCCCC2)C(C(C)C)CC1Cc1nc2ccccc2n1C. The van der Waals surface area contributed by atoms with Crippen LogP contribution >= 0.6 is 0 Å². The molecule has 3 atom stereocenters. The number of benzene rings is 1. The summed E-state index contributed by atoms with van der Waals surface area (Å²) in [7, 11) is 2.13. The summed E-state index contributed by atoms with van der Waals surface area (Å²) < 4.78 is 2.25. The summed E-state index contributed by atoms with van der Waals surface area (Å²) in [5.74, 6) is 3.85. The van der Waals surface area contributed by atoms with Crippen molar-refractivity contribution < 1.29 is 4.79 Å². The minimum atomic E-state index is 0.241. The van der Waals surface area contributed by atoms with Crippen LogP contribution in [0.25, 0.3) is 11.0 Å². The quantitative estimate of drug-likeness (QED) is 0.611. The van der Waals surface area contributed by atoms with E-state index in [2.05, 4.69) is 68.0 Å². The molecule has 168 valence electrons. The zero-order valence-electron chi connectivity index (χ0n) is 19.7. The zero-order valence-corrected chi connectivity index (χ0v) is 19.7. The number of allylic oxidation sites excluding steroid dienone is 1. The van der Waals surface area contributed by atoms with E-state index in [4.69, 9.17) is 4.98 Å². The Morgan fingerprint density at radius 2 is 1.94 bits per heavy atom. The Hall–Kier alpha value is -2.10. The van der Waals surface area contributed by atoms with E-state index in [0.29, 0.717) is 23.7 Å². The van der Waals surface area contributed by atoms with E-state index in [1.807, 2.05) is 0 Å². The number of nitrogens with one attached hydrogen (secondary N) is 1. The van der Waals surface area contributed by atoms with Gasteiger partial charge in [-0.3, -0.25) is 4.79 Å². The first kappa shape index (κ1) is 22.1. The van der Waals surface area contributed by atoms with Crippen molar-refractivity contribution in [2.45, 2.75) is 65.7 Å². The van der Waals surface area contributed by atoms with Crippen LogP contribution in [0.4, 0.5) is 0 Å². The lowest BCUT2D eigenvalue weighted by atomic mass is 9.69. The Morgan fingerprint density at radius 3 is 2.65 bits per heavy atom. The first-order valence-corrected chi connectivity index (χ1v) is 12.3. The minimum absolute atomic E-state index is 0.241. The second-order valence-corrected chi connectivity index (χ2v) is 10.3. The lowest BCUT2D eigenvalue weighted by Gasteiger charge is -2.37. The number of nitrogens with zero attached hydrogens (tertiary/aromatic N) is 2. The van der Waals surface area contributed by atoms with E-state index in [1.54, 1.807) is 0 Å². The predicted octanol–water partition coefficient (Wildman–Crippen LogP) is 5.67. The number of hydrogen-bond donors (Lipinski definition) is 1. The summed E-state index contributed by atoms with van der Waals surface area (Å²) in [4.78, 5) is 17.6. The van der Waals surface area contributed by atoms with Crippen LogP contribution in [0.15, 0.2) is 35.9 Å². The van der Waals surface area contributed by atoms with E-state index in [0.717, 1.165) is 31.3 Å². The van der Waals surface area contributed by atoms with E-state index < -0.39 is 0 Å². The predicted molar refractivity (Wildman–Crippen MR) is 128 cm³/mol. The second kappa shape index (κ2) is 9.58. The van der Waals surface area contributed by atoms with Gasteiger partial charge in [0.15, 0.2) is 0 Å². The van der Waals surface area contributed by atoms with Crippen molar-refractivity contribution in [1.29, 1.82) is 0 Å². The molecule has 0 saturated heterocycles. The number of fused-ring (bicyclic) bond motifs is 1. The van der Waals surface area contributed by atoms with Gasteiger partial charge in [-0.25, -0.2) is 4.98 Å². The van der Waals surface area contributed by atoms with E-state index >= 15 is 0 Å². The largest absolute Gasteiger partial charge is 0.355 e. The van der Waals surface area contributed by atoms with E-state index in [-0.39, 0.29) is 11.8 Å². The van der Waals surface area contributed by atoms with Crippen LogP contribution in [-0.4, -0.2) is 22.0 Å². The summed E-state index contributed by atoms with van der Waals surface area (Å²) in [6, 6.07) is 8.40. The first-order valence-electron chi connectivity index (χ1n) is 12.3. The van der Waals surface area contributed by atoms with Gasteiger partial charge in [-0.15, -0.1) is 0 Å². The molecule has 1 aromatic heterocycles. The zero-order chi connectivity index (χ0) is 22.0. The lowest BCUT2D eigenvalue weighted by Crippen LogP contribution is -2.39.